The zero-order valence-corrected chi connectivity index (χ0v) is 13.9. The van der Waals surface area contributed by atoms with Crippen molar-refractivity contribution in [3.8, 4) is 0 Å². The van der Waals surface area contributed by atoms with Crippen LogP contribution in [0.25, 0.3) is 0 Å². The Hall–Kier alpha value is -1.66. The van der Waals surface area contributed by atoms with Gasteiger partial charge in [-0.15, -0.1) is 0 Å². The third-order valence-corrected chi connectivity index (χ3v) is 5.22. The first-order valence-corrected chi connectivity index (χ1v) is 8.33. The second kappa shape index (κ2) is 6.92. The van der Waals surface area contributed by atoms with Gasteiger partial charge >= 0.3 is 18.1 Å². The standard InChI is InChI=1S/C18H21F5O2/c1-2-3-12-8-10-16(11-9-12,15(24)25)13-4-6-14(7-5-13)17(19,20)18(21,22)23/h4-7,12H,2-3,8-11H2,1H3,(H,24,25). The largest absolute Gasteiger partial charge is 0.481 e. The summed E-state index contributed by atoms with van der Waals surface area (Å²) in [4.78, 5) is 11.9. The molecule has 0 bridgehead atoms. The molecule has 2 rings (SSSR count). The smallest absolute Gasteiger partial charge is 0.458 e. The number of alkyl halides is 5. The first-order valence-electron chi connectivity index (χ1n) is 8.33. The van der Waals surface area contributed by atoms with Gasteiger partial charge in [-0.1, -0.05) is 44.0 Å². The number of carbonyl (C=O) groups is 1. The average molecular weight is 364 g/mol. The number of hydrogen-bond donors (Lipinski definition) is 1. The first-order chi connectivity index (χ1) is 11.5. The molecule has 1 aliphatic rings. The Morgan fingerprint density at radius 1 is 1.12 bits per heavy atom. The normalized spacial score (nSPS) is 25.0. The second-order valence-corrected chi connectivity index (χ2v) is 6.77. The van der Waals surface area contributed by atoms with Gasteiger partial charge in [-0.2, -0.15) is 22.0 Å². The maximum Gasteiger partial charge on any atom is 0.458 e. The van der Waals surface area contributed by atoms with E-state index in [2.05, 4.69) is 6.92 Å². The van der Waals surface area contributed by atoms with E-state index in [4.69, 9.17) is 0 Å². The number of carboxylic acids is 1. The molecule has 1 N–H and O–H groups in total. The fourth-order valence-corrected chi connectivity index (χ4v) is 3.66. The van der Waals surface area contributed by atoms with E-state index in [1.54, 1.807) is 0 Å². The molecule has 140 valence electrons. The molecule has 25 heavy (non-hydrogen) atoms. The van der Waals surface area contributed by atoms with E-state index in [1.807, 2.05) is 0 Å². The van der Waals surface area contributed by atoms with E-state index in [0.29, 0.717) is 43.7 Å². The summed E-state index contributed by atoms with van der Waals surface area (Å²) in [5.74, 6) is -5.58. The lowest BCUT2D eigenvalue weighted by Crippen LogP contribution is -2.40. The fraction of sp³-hybridized carbons (Fsp3) is 0.611. The molecule has 1 saturated carbocycles. The second-order valence-electron chi connectivity index (χ2n) is 6.77. The van der Waals surface area contributed by atoms with E-state index >= 15 is 0 Å². The van der Waals surface area contributed by atoms with E-state index in [0.717, 1.165) is 25.0 Å². The minimum Gasteiger partial charge on any atom is -0.481 e. The van der Waals surface area contributed by atoms with Crippen molar-refractivity contribution >= 4 is 5.97 Å². The average Bonchev–Trinajstić information content (AvgIpc) is 2.55. The van der Waals surface area contributed by atoms with E-state index in [9.17, 15) is 31.9 Å². The highest BCUT2D eigenvalue weighted by molar-refractivity contribution is 5.81. The van der Waals surface area contributed by atoms with Crippen LogP contribution >= 0.6 is 0 Å². The van der Waals surface area contributed by atoms with Crippen LogP contribution in [0.15, 0.2) is 24.3 Å². The van der Waals surface area contributed by atoms with Gasteiger partial charge < -0.3 is 5.11 Å². The topological polar surface area (TPSA) is 37.3 Å². The number of aliphatic carboxylic acids is 1. The van der Waals surface area contributed by atoms with Crippen molar-refractivity contribution in [2.45, 2.75) is 63.0 Å². The van der Waals surface area contributed by atoms with Crippen molar-refractivity contribution in [3.63, 3.8) is 0 Å². The van der Waals surface area contributed by atoms with Gasteiger partial charge in [-0.25, -0.2) is 0 Å². The summed E-state index contributed by atoms with van der Waals surface area (Å²) in [5.41, 5.74) is -2.10. The molecule has 0 radical (unpaired) electrons. The summed E-state index contributed by atoms with van der Waals surface area (Å²) in [5, 5.41) is 9.69. The molecule has 0 unspecified atom stereocenters. The van der Waals surface area contributed by atoms with Crippen LogP contribution < -0.4 is 0 Å². The quantitative estimate of drug-likeness (QED) is 0.685. The van der Waals surface area contributed by atoms with Crippen molar-refractivity contribution in [2.24, 2.45) is 5.92 Å². The van der Waals surface area contributed by atoms with Gasteiger partial charge in [0, 0.05) is 5.56 Å². The predicted molar refractivity (Wildman–Crippen MR) is 82.6 cm³/mol. The highest BCUT2D eigenvalue weighted by Gasteiger charge is 2.58. The third kappa shape index (κ3) is 3.65. The Bertz CT molecular complexity index is 599. The van der Waals surface area contributed by atoms with Crippen molar-refractivity contribution in [2.75, 3.05) is 0 Å². The van der Waals surface area contributed by atoms with Crippen LogP contribution in [-0.2, 0) is 16.1 Å². The zero-order valence-electron chi connectivity index (χ0n) is 13.9. The van der Waals surface area contributed by atoms with Crippen molar-refractivity contribution in [1.82, 2.24) is 0 Å². The predicted octanol–water partition coefficient (Wildman–Crippen LogP) is 5.65. The van der Waals surface area contributed by atoms with Gasteiger partial charge in [0.05, 0.1) is 5.41 Å². The Labute approximate surface area is 143 Å². The van der Waals surface area contributed by atoms with Crippen LogP contribution in [0.3, 0.4) is 0 Å². The molecule has 7 heteroatoms. The molecule has 1 aromatic rings. The van der Waals surface area contributed by atoms with Crippen LogP contribution in [-0.4, -0.2) is 17.3 Å². The fourth-order valence-electron chi connectivity index (χ4n) is 3.66. The number of carboxylic acid groups (broad SMARTS) is 1. The Kier molecular flexibility index (Phi) is 5.44. The van der Waals surface area contributed by atoms with Crippen LogP contribution in [0.5, 0.6) is 0 Å². The summed E-state index contributed by atoms with van der Waals surface area (Å²) < 4.78 is 64.1. The Balaban J connectivity index is 2.28. The maximum atomic E-state index is 13.4. The summed E-state index contributed by atoms with van der Waals surface area (Å²) in [6, 6.07) is 3.57. The lowest BCUT2D eigenvalue weighted by molar-refractivity contribution is -0.289. The summed E-state index contributed by atoms with van der Waals surface area (Å²) in [7, 11) is 0. The van der Waals surface area contributed by atoms with Crippen molar-refractivity contribution in [1.29, 1.82) is 0 Å². The van der Waals surface area contributed by atoms with E-state index in [1.165, 1.54) is 0 Å². The molecule has 0 amide bonds. The number of rotatable bonds is 5. The monoisotopic (exact) mass is 364 g/mol. The van der Waals surface area contributed by atoms with Gasteiger partial charge in [0.2, 0.25) is 0 Å². The van der Waals surface area contributed by atoms with Gasteiger partial charge in [0.15, 0.2) is 0 Å². The van der Waals surface area contributed by atoms with Crippen LogP contribution in [0, 0.1) is 5.92 Å². The molecule has 0 aromatic heterocycles. The van der Waals surface area contributed by atoms with Gasteiger partial charge in [0.1, 0.15) is 0 Å². The highest BCUT2D eigenvalue weighted by atomic mass is 19.4. The SMILES string of the molecule is CCCC1CCC(C(=O)O)(c2ccc(C(F)(F)C(F)(F)F)cc2)CC1. The van der Waals surface area contributed by atoms with Crippen LogP contribution in [0.1, 0.15) is 56.6 Å². The van der Waals surface area contributed by atoms with Gasteiger partial charge in [0.25, 0.3) is 0 Å². The first kappa shape index (κ1) is 19.7. The molecule has 2 nitrogen and oxygen atoms in total. The molecule has 0 aliphatic heterocycles. The Morgan fingerprint density at radius 3 is 2.04 bits per heavy atom. The summed E-state index contributed by atoms with van der Waals surface area (Å²) in [6.45, 7) is 2.05. The molecule has 1 aliphatic carbocycles. The molecule has 0 atom stereocenters. The van der Waals surface area contributed by atoms with E-state index < -0.39 is 29.0 Å². The number of halogens is 5. The third-order valence-electron chi connectivity index (χ3n) is 5.22. The molecular formula is C18H21F5O2. The zero-order chi connectivity index (χ0) is 18.9. The lowest BCUT2D eigenvalue weighted by Gasteiger charge is -2.37. The minimum atomic E-state index is -5.68. The highest BCUT2D eigenvalue weighted by Crippen LogP contribution is 2.46. The van der Waals surface area contributed by atoms with Crippen molar-refractivity contribution in [3.05, 3.63) is 35.4 Å². The molecule has 1 fully saturated rings. The molecular weight excluding hydrogens is 343 g/mol. The van der Waals surface area contributed by atoms with Crippen LogP contribution in [0.4, 0.5) is 22.0 Å². The van der Waals surface area contributed by atoms with Crippen molar-refractivity contribution < 1.29 is 31.9 Å². The molecule has 1 aromatic carbocycles. The Morgan fingerprint density at radius 2 is 1.64 bits per heavy atom. The maximum absolute atomic E-state index is 13.4. The number of hydrogen-bond acceptors (Lipinski definition) is 1. The van der Waals surface area contributed by atoms with Gasteiger partial charge in [-0.05, 0) is 37.2 Å². The lowest BCUT2D eigenvalue weighted by atomic mass is 9.66. The minimum absolute atomic E-state index is 0.289. The number of benzene rings is 1. The van der Waals surface area contributed by atoms with Gasteiger partial charge in [-0.3, -0.25) is 4.79 Å². The van der Waals surface area contributed by atoms with E-state index in [-0.39, 0.29) is 5.56 Å². The summed E-state index contributed by atoms with van der Waals surface area (Å²) in [6.07, 6.45) is -1.53. The molecule has 0 saturated heterocycles. The summed E-state index contributed by atoms with van der Waals surface area (Å²) >= 11 is 0. The molecule has 0 heterocycles. The van der Waals surface area contributed by atoms with Crippen LogP contribution in [0.2, 0.25) is 0 Å². The molecule has 0 spiro atoms.